The van der Waals surface area contributed by atoms with Crippen LogP contribution in [-0.2, 0) is 17.9 Å². The monoisotopic (exact) mass is 369 g/mol. The SMILES string of the molecule is O=C(CCNC(=O)NCc1cccc(Cn2cccn2)c1)NC1CCCC1. The Kier molecular flexibility index (Phi) is 6.84. The first-order valence-electron chi connectivity index (χ1n) is 9.55. The molecule has 7 nitrogen and oxygen atoms in total. The molecule has 2 aromatic rings. The molecule has 1 heterocycles. The minimum absolute atomic E-state index is 0.00789. The zero-order chi connectivity index (χ0) is 18.9. The van der Waals surface area contributed by atoms with Gasteiger partial charge in [-0.1, -0.05) is 37.1 Å². The fourth-order valence-corrected chi connectivity index (χ4v) is 3.32. The van der Waals surface area contributed by atoms with Crippen molar-refractivity contribution in [1.82, 2.24) is 25.7 Å². The molecule has 0 spiro atoms. The highest BCUT2D eigenvalue weighted by atomic mass is 16.2. The number of rotatable bonds is 8. The number of hydrogen-bond acceptors (Lipinski definition) is 3. The van der Waals surface area contributed by atoms with Crippen LogP contribution in [0.1, 0.15) is 43.2 Å². The van der Waals surface area contributed by atoms with Gasteiger partial charge in [-0.25, -0.2) is 4.79 Å². The number of benzene rings is 1. The van der Waals surface area contributed by atoms with Gasteiger partial charge < -0.3 is 16.0 Å². The maximum Gasteiger partial charge on any atom is 0.315 e. The second-order valence-electron chi connectivity index (χ2n) is 6.93. The molecule has 144 valence electrons. The number of urea groups is 1. The Labute approximate surface area is 159 Å². The Morgan fingerprint density at radius 1 is 1.11 bits per heavy atom. The third kappa shape index (κ3) is 6.44. The van der Waals surface area contributed by atoms with Crippen LogP contribution >= 0.6 is 0 Å². The maximum atomic E-state index is 11.9. The quantitative estimate of drug-likeness (QED) is 0.666. The highest BCUT2D eigenvalue weighted by molar-refractivity contribution is 5.78. The highest BCUT2D eigenvalue weighted by Gasteiger charge is 2.16. The molecule has 0 atom stereocenters. The van der Waals surface area contributed by atoms with Crippen LogP contribution in [0.4, 0.5) is 4.79 Å². The van der Waals surface area contributed by atoms with Crippen molar-refractivity contribution >= 4 is 11.9 Å². The lowest BCUT2D eigenvalue weighted by Crippen LogP contribution is -2.39. The van der Waals surface area contributed by atoms with E-state index in [1.54, 1.807) is 6.20 Å². The van der Waals surface area contributed by atoms with Crippen molar-refractivity contribution < 1.29 is 9.59 Å². The summed E-state index contributed by atoms with van der Waals surface area (Å²) in [6, 6.07) is 9.99. The number of nitrogens with zero attached hydrogens (tertiary/aromatic N) is 2. The third-order valence-electron chi connectivity index (χ3n) is 4.71. The Balaban J connectivity index is 1.34. The van der Waals surface area contributed by atoms with Crippen LogP contribution in [0.5, 0.6) is 0 Å². The maximum absolute atomic E-state index is 11.9. The van der Waals surface area contributed by atoms with Gasteiger partial charge in [-0.3, -0.25) is 9.48 Å². The second-order valence-corrected chi connectivity index (χ2v) is 6.93. The predicted molar refractivity (Wildman–Crippen MR) is 103 cm³/mol. The van der Waals surface area contributed by atoms with E-state index in [-0.39, 0.29) is 11.9 Å². The van der Waals surface area contributed by atoms with Gasteiger partial charge >= 0.3 is 6.03 Å². The summed E-state index contributed by atoms with van der Waals surface area (Å²) in [4.78, 5) is 23.8. The topological polar surface area (TPSA) is 88.1 Å². The Morgan fingerprint density at radius 3 is 2.70 bits per heavy atom. The van der Waals surface area contributed by atoms with Crippen LogP contribution in [-0.4, -0.2) is 34.3 Å². The Morgan fingerprint density at radius 2 is 1.93 bits per heavy atom. The van der Waals surface area contributed by atoms with E-state index in [1.165, 1.54) is 12.8 Å². The average molecular weight is 369 g/mol. The lowest BCUT2D eigenvalue weighted by Gasteiger charge is -2.12. The van der Waals surface area contributed by atoms with Crippen molar-refractivity contribution in [2.45, 2.75) is 51.2 Å². The molecule has 1 fully saturated rings. The van der Waals surface area contributed by atoms with Crippen molar-refractivity contribution in [2.24, 2.45) is 0 Å². The van der Waals surface area contributed by atoms with Crippen LogP contribution in [0.2, 0.25) is 0 Å². The van der Waals surface area contributed by atoms with E-state index in [1.807, 2.05) is 35.1 Å². The standard InChI is InChI=1S/C20H27N5O2/c26-19(24-18-7-1-2-8-18)9-11-21-20(27)22-14-16-5-3-6-17(13-16)15-25-12-4-10-23-25/h3-6,10,12-13,18H,1-2,7-9,11,14-15H2,(H,24,26)(H2,21,22,27). The lowest BCUT2D eigenvalue weighted by molar-refractivity contribution is -0.121. The van der Waals surface area contributed by atoms with E-state index < -0.39 is 0 Å². The summed E-state index contributed by atoms with van der Waals surface area (Å²) in [5.41, 5.74) is 2.15. The summed E-state index contributed by atoms with van der Waals surface area (Å²) in [5.74, 6) is 0.00789. The van der Waals surface area contributed by atoms with Crippen LogP contribution in [0.3, 0.4) is 0 Å². The molecule has 1 aromatic carbocycles. The fourth-order valence-electron chi connectivity index (χ4n) is 3.32. The largest absolute Gasteiger partial charge is 0.353 e. The predicted octanol–water partition coefficient (Wildman–Crippen LogP) is 2.18. The summed E-state index contributed by atoms with van der Waals surface area (Å²) in [7, 11) is 0. The summed E-state index contributed by atoms with van der Waals surface area (Å²) in [5, 5.41) is 12.8. The normalized spacial score (nSPS) is 14.1. The molecule has 1 aromatic heterocycles. The van der Waals surface area contributed by atoms with Gasteiger partial charge in [-0.2, -0.15) is 5.10 Å². The van der Waals surface area contributed by atoms with Gasteiger partial charge in [0.25, 0.3) is 0 Å². The number of amides is 3. The van der Waals surface area contributed by atoms with Crippen molar-refractivity contribution in [3.63, 3.8) is 0 Å². The molecular weight excluding hydrogens is 342 g/mol. The molecule has 1 saturated carbocycles. The summed E-state index contributed by atoms with van der Waals surface area (Å²) in [6.07, 6.45) is 8.50. The van der Waals surface area contributed by atoms with Crippen molar-refractivity contribution in [2.75, 3.05) is 6.54 Å². The lowest BCUT2D eigenvalue weighted by atomic mass is 10.1. The summed E-state index contributed by atoms with van der Waals surface area (Å²) >= 11 is 0. The molecule has 27 heavy (non-hydrogen) atoms. The molecule has 0 bridgehead atoms. The van der Waals surface area contributed by atoms with E-state index in [9.17, 15) is 9.59 Å². The van der Waals surface area contributed by atoms with Gasteiger partial charge in [0, 0.05) is 37.9 Å². The van der Waals surface area contributed by atoms with Crippen LogP contribution in [0.15, 0.2) is 42.7 Å². The molecule has 1 aliphatic rings. The molecule has 7 heteroatoms. The third-order valence-corrected chi connectivity index (χ3v) is 4.71. The van der Waals surface area contributed by atoms with Crippen LogP contribution in [0, 0.1) is 0 Å². The van der Waals surface area contributed by atoms with E-state index in [0.29, 0.717) is 32.1 Å². The number of aromatic nitrogens is 2. The molecule has 3 rings (SSSR count). The molecular formula is C20H27N5O2. The average Bonchev–Trinajstić information content (AvgIpc) is 3.34. The number of carbonyl (C=O) groups is 2. The zero-order valence-corrected chi connectivity index (χ0v) is 15.5. The van der Waals surface area contributed by atoms with Gasteiger partial charge in [0.2, 0.25) is 5.91 Å². The van der Waals surface area contributed by atoms with Gasteiger partial charge in [0.1, 0.15) is 0 Å². The van der Waals surface area contributed by atoms with Gasteiger partial charge in [0.05, 0.1) is 6.54 Å². The van der Waals surface area contributed by atoms with Crippen molar-refractivity contribution in [3.05, 3.63) is 53.9 Å². The minimum Gasteiger partial charge on any atom is -0.353 e. The Hall–Kier alpha value is -2.83. The molecule has 0 radical (unpaired) electrons. The van der Waals surface area contributed by atoms with E-state index in [0.717, 1.165) is 24.0 Å². The molecule has 1 aliphatic carbocycles. The van der Waals surface area contributed by atoms with Crippen LogP contribution < -0.4 is 16.0 Å². The van der Waals surface area contributed by atoms with E-state index in [4.69, 9.17) is 0 Å². The number of hydrogen-bond donors (Lipinski definition) is 3. The van der Waals surface area contributed by atoms with Crippen molar-refractivity contribution in [1.29, 1.82) is 0 Å². The molecule has 3 N–H and O–H groups in total. The van der Waals surface area contributed by atoms with E-state index >= 15 is 0 Å². The first kappa shape index (κ1) is 18.9. The smallest absolute Gasteiger partial charge is 0.315 e. The van der Waals surface area contributed by atoms with Crippen LogP contribution in [0.25, 0.3) is 0 Å². The fraction of sp³-hybridized carbons (Fsp3) is 0.450. The highest BCUT2D eigenvalue weighted by Crippen LogP contribution is 2.17. The first-order chi connectivity index (χ1) is 13.2. The van der Waals surface area contributed by atoms with E-state index in [2.05, 4.69) is 27.1 Å². The molecule has 0 saturated heterocycles. The first-order valence-corrected chi connectivity index (χ1v) is 9.55. The molecule has 0 unspecified atom stereocenters. The number of carbonyl (C=O) groups excluding carboxylic acids is 2. The molecule has 3 amide bonds. The van der Waals surface area contributed by atoms with Gasteiger partial charge in [-0.15, -0.1) is 0 Å². The second kappa shape index (κ2) is 9.75. The van der Waals surface area contributed by atoms with Gasteiger partial charge in [-0.05, 0) is 30.0 Å². The van der Waals surface area contributed by atoms with Gasteiger partial charge in [0.15, 0.2) is 0 Å². The van der Waals surface area contributed by atoms with Crippen molar-refractivity contribution in [3.8, 4) is 0 Å². The molecule has 0 aliphatic heterocycles. The number of nitrogens with one attached hydrogen (secondary N) is 3. The summed E-state index contributed by atoms with van der Waals surface area (Å²) in [6.45, 7) is 1.47. The summed E-state index contributed by atoms with van der Waals surface area (Å²) < 4.78 is 1.86. The minimum atomic E-state index is -0.263. The Bertz CT molecular complexity index is 739. The zero-order valence-electron chi connectivity index (χ0n) is 15.5.